The molecule has 4 N–H and O–H groups in total. The van der Waals surface area contributed by atoms with Crippen LogP contribution < -0.4 is 26.9 Å². The lowest BCUT2D eigenvalue weighted by Crippen LogP contribution is -2.44. The van der Waals surface area contributed by atoms with Crippen LogP contribution in [0.3, 0.4) is 0 Å². The van der Waals surface area contributed by atoms with E-state index in [1.807, 2.05) is 37.3 Å². The average molecular weight is 541 g/mol. The summed E-state index contributed by atoms with van der Waals surface area (Å²) in [6.45, 7) is 4.67. The Hall–Kier alpha value is -4.48. The number of aromatic nitrogens is 1. The lowest BCUT2D eigenvalue weighted by Gasteiger charge is -2.17. The number of halogens is 2. The van der Waals surface area contributed by atoms with E-state index in [0.717, 1.165) is 11.6 Å². The van der Waals surface area contributed by atoms with Gasteiger partial charge in [-0.05, 0) is 31.4 Å². The quantitative estimate of drug-likeness (QED) is 0.326. The van der Waals surface area contributed by atoms with E-state index in [-0.39, 0.29) is 35.7 Å². The Morgan fingerprint density at radius 2 is 1.97 bits per heavy atom. The maximum absolute atomic E-state index is 15.8. The zero-order valence-electron chi connectivity index (χ0n) is 21.6. The van der Waals surface area contributed by atoms with Crippen molar-refractivity contribution in [3.05, 3.63) is 81.1 Å². The molecule has 10 nitrogen and oxygen atoms in total. The minimum absolute atomic E-state index is 0.129. The average Bonchev–Trinajstić information content (AvgIpc) is 3.45. The molecule has 2 aromatic carbocycles. The van der Waals surface area contributed by atoms with Gasteiger partial charge in [0.05, 0.1) is 17.4 Å². The first-order valence-corrected chi connectivity index (χ1v) is 12.7. The predicted molar refractivity (Wildman–Crippen MR) is 142 cm³/mol. The molecule has 39 heavy (non-hydrogen) atoms. The second-order valence-corrected chi connectivity index (χ2v) is 9.06. The molecule has 4 rings (SSSR count). The number of hydrazine groups is 1. The Labute approximate surface area is 223 Å². The number of ether oxygens (including phenoxy) is 1. The molecule has 1 aromatic heterocycles. The summed E-state index contributed by atoms with van der Waals surface area (Å²) in [6.07, 6.45) is 0.940. The molecule has 3 aromatic rings. The third-order valence-electron chi connectivity index (χ3n) is 6.35. The van der Waals surface area contributed by atoms with Gasteiger partial charge in [-0.2, -0.15) is 0 Å². The number of guanidine groups is 1. The Morgan fingerprint density at radius 3 is 2.67 bits per heavy atom. The SMILES string of the molecule is CCC(C)OC(=O)NNC(=O)c1cn(CCc2ccccc2)c2c(F)c(CNC3=NCCN3)c(F)cc2c1=O. The fourth-order valence-electron chi connectivity index (χ4n) is 4.08. The zero-order valence-corrected chi connectivity index (χ0v) is 21.6. The summed E-state index contributed by atoms with van der Waals surface area (Å²) in [5.41, 5.74) is 3.50. The Morgan fingerprint density at radius 1 is 1.21 bits per heavy atom. The smallest absolute Gasteiger partial charge is 0.426 e. The van der Waals surface area contributed by atoms with Crippen molar-refractivity contribution in [2.24, 2.45) is 4.99 Å². The molecule has 1 unspecified atom stereocenters. The first-order valence-electron chi connectivity index (χ1n) is 12.7. The van der Waals surface area contributed by atoms with Crippen molar-refractivity contribution < 1.29 is 23.1 Å². The highest BCUT2D eigenvalue weighted by molar-refractivity contribution is 5.98. The summed E-state index contributed by atoms with van der Waals surface area (Å²) < 4.78 is 37.4. The summed E-state index contributed by atoms with van der Waals surface area (Å²) in [5, 5.41) is 5.54. The third kappa shape index (κ3) is 6.51. The number of nitrogens with zero attached hydrogens (tertiary/aromatic N) is 2. The van der Waals surface area contributed by atoms with Crippen LogP contribution in [-0.4, -0.2) is 41.7 Å². The molecule has 0 saturated carbocycles. The van der Waals surface area contributed by atoms with E-state index < -0.39 is 34.6 Å². The van der Waals surface area contributed by atoms with Gasteiger partial charge in [0, 0.05) is 31.4 Å². The minimum atomic E-state index is -0.951. The molecule has 12 heteroatoms. The number of rotatable bonds is 8. The van der Waals surface area contributed by atoms with Crippen LogP contribution in [0, 0.1) is 11.6 Å². The summed E-state index contributed by atoms with van der Waals surface area (Å²) in [6, 6.07) is 10.3. The molecule has 1 aliphatic rings. The molecule has 0 bridgehead atoms. The highest BCUT2D eigenvalue weighted by atomic mass is 19.1. The van der Waals surface area contributed by atoms with Gasteiger partial charge >= 0.3 is 6.09 Å². The van der Waals surface area contributed by atoms with Crippen molar-refractivity contribution >= 4 is 28.9 Å². The van der Waals surface area contributed by atoms with Crippen LogP contribution in [-0.2, 0) is 24.2 Å². The number of carbonyl (C=O) groups excluding carboxylic acids is 2. The zero-order chi connectivity index (χ0) is 27.9. The monoisotopic (exact) mass is 540 g/mol. The first kappa shape index (κ1) is 27.6. The highest BCUT2D eigenvalue weighted by Crippen LogP contribution is 2.24. The summed E-state index contributed by atoms with van der Waals surface area (Å²) in [7, 11) is 0. The van der Waals surface area contributed by atoms with E-state index in [2.05, 4.69) is 26.5 Å². The molecule has 0 aliphatic carbocycles. The van der Waals surface area contributed by atoms with E-state index in [9.17, 15) is 14.4 Å². The van der Waals surface area contributed by atoms with Gasteiger partial charge < -0.3 is 19.9 Å². The van der Waals surface area contributed by atoms with Gasteiger partial charge in [-0.3, -0.25) is 20.0 Å². The van der Waals surface area contributed by atoms with Crippen molar-refractivity contribution in [3.8, 4) is 0 Å². The van der Waals surface area contributed by atoms with E-state index in [1.54, 1.807) is 6.92 Å². The molecule has 0 saturated heterocycles. The molecular weight excluding hydrogens is 510 g/mol. The van der Waals surface area contributed by atoms with Gasteiger partial charge in [-0.1, -0.05) is 37.3 Å². The molecule has 2 amide bonds. The van der Waals surface area contributed by atoms with Crippen molar-refractivity contribution in [2.45, 2.75) is 45.9 Å². The van der Waals surface area contributed by atoms with Gasteiger partial charge in [0.2, 0.25) is 5.43 Å². The Balaban J connectivity index is 1.70. The fraction of sp³-hybridized carbons (Fsp3) is 0.333. The molecule has 0 fully saturated rings. The topological polar surface area (TPSA) is 126 Å². The van der Waals surface area contributed by atoms with Gasteiger partial charge in [0.1, 0.15) is 17.5 Å². The van der Waals surface area contributed by atoms with Crippen LogP contribution in [0.2, 0.25) is 0 Å². The Kier molecular flexibility index (Phi) is 8.74. The number of amides is 2. The molecule has 2 heterocycles. The van der Waals surface area contributed by atoms with Crippen molar-refractivity contribution in [1.82, 2.24) is 26.1 Å². The number of hydrogen-bond acceptors (Lipinski definition) is 7. The van der Waals surface area contributed by atoms with Crippen LogP contribution >= 0.6 is 0 Å². The second-order valence-electron chi connectivity index (χ2n) is 9.06. The summed E-state index contributed by atoms with van der Waals surface area (Å²) in [4.78, 5) is 42.2. The van der Waals surface area contributed by atoms with Crippen LogP contribution in [0.5, 0.6) is 0 Å². The van der Waals surface area contributed by atoms with Crippen molar-refractivity contribution in [2.75, 3.05) is 13.1 Å². The van der Waals surface area contributed by atoms with Crippen molar-refractivity contribution in [3.63, 3.8) is 0 Å². The van der Waals surface area contributed by atoms with Gasteiger partial charge in [-0.25, -0.2) is 19.0 Å². The Bertz CT molecular complexity index is 1460. The summed E-state index contributed by atoms with van der Waals surface area (Å²) >= 11 is 0. The number of carbonyl (C=O) groups is 2. The number of aliphatic imine (C=N–C) groups is 1. The lowest BCUT2D eigenvalue weighted by atomic mass is 10.1. The third-order valence-corrected chi connectivity index (χ3v) is 6.35. The van der Waals surface area contributed by atoms with Crippen LogP contribution in [0.4, 0.5) is 13.6 Å². The normalized spacial score (nSPS) is 13.4. The fourth-order valence-corrected chi connectivity index (χ4v) is 4.08. The number of hydrogen-bond donors (Lipinski definition) is 4. The van der Waals surface area contributed by atoms with Crippen LogP contribution in [0.25, 0.3) is 10.9 Å². The lowest BCUT2D eigenvalue weighted by molar-refractivity contribution is 0.0847. The molecule has 0 spiro atoms. The maximum Gasteiger partial charge on any atom is 0.426 e. The van der Waals surface area contributed by atoms with E-state index in [0.29, 0.717) is 31.9 Å². The van der Waals surface area contributed by atoms with E-state index in [4.69, 9.17) is 4.74 Å². The van der Waals surface area contributed by atoms with Crippen LogP contribution in [0.1, 0.15) is 41.8 Å². The van der Waals surface area contributed by atoms with Gasteiger partial charge in [0.15, 0.2) is 11.8 Å². The number of nitrogens with one attached hydrogen (secondary N) is 4. The van der Waals surface area contributed by atoms with Gasteiger partial charge in [-0.15, -0.1) is 0 Å². The second kappa shape index (κ2) is 12.4. The number of fused-ring (bicyclic) bond motifs is 1. The number of benzene rings is 2. The van der Waals surface area contributed by atoms with Gasteiger partial charge in [0.25, 0.3) is 5.91 Å². The van der Waals surface area contributed by atoms with E-state index >= 15 is 8.78 Å². The first-order chi connectivity index (χ1) is 18.8. The molecule has 0 radical (unpaired) electrons. The summed E-state index contributed by atoms with van der Waals surface area (Å²) in [5.74, 6) is -2.37. The number of aryl methyl sites for hydroxylation is 2. The van der Waals surface area contributed by atoms with Crippen LogP contribution in [0.15, 0.2) is 52.4 Å². The predicted octanol–water partition coefficient (Wildman–Crippen LogP) is 2.74. The van der Waals surface area contributed by atoms with Crippen molar-refractivity contribution in [1.29, 1.82) is 0 Å². The van der Waals surface area contributed by atoms with E-state index in [1.165, 1.54) is 10.8 Å². The molecular formula is C27H30F2N6O4. The maximum atomic E-state index is 15.8. The molecule has 206 valence electrons. The minimum Gasteiger partial charge on any atom is -0.445 e. The molecule has 1 aliphatic heterocycles. The standard InChI is InChI=1S/C27H30F2N6O4/c1-3-16(2)39-27(38)34-33-25(37)20-15-35(12-9-17-7-5-4-6-8-17)23-18(24(20)36)13-21(28)19(22(23)29)14-32-26-30-10-11-31-26/h4-8,13,15-16H,3,9-12,14H2,1-2H3,(H,33,37)(H,34,38)(H2,30,31,32). The largest absolute Gasteiger partial charge is 0.445 e. The number of pyridine rings is 1. The highest BCUT2D eigenvalue weighted by Gasteiger charge is 2.23. The molecule has 1 atom stereocenters.